The molecular weight excluding hydrogens is 209 g/mol. The summed E-state index contributed by atoms with van der Waals surface area (Å²) in [5.74, 6) is 0. The molecule has 0 bridgehead atoms. The summed E-state index contributed by atoms with van der Waals surface area (Å²) in [7, 11) is 0. The fraction of sp³-hybridized carbons (Fsp3) is 0.600. The van der Waals surface area contributed by atoms with E-state index in [9.17, 15) is 0 Å². The van der Waals surface area contributed by atoms with E-state index in [2.05, 4.69) is 40.7 Å². The van der Waals surface area contributed by atoms with Gasteiger partial charge in [0.25, 0.3) is 0 Å². The fourth-order valence-electron chi connectivity index (χ4n) is 1.41. The van der Waals surface area contributed by atoms with Crippen molar-refractivity contribution in [2.45, 2.75) is 34.6 Å². The molecule has 1 rings (SSSR count). The first kappa shape index (κ1) is 11.6. The SMILES string of the molecule is CC1=[C-]C(C)(C)C(C)=C1C.[Y]. The van der Waals surface area contributed by atoms with Crippen LogP contribution in [0.3, 0.4) is 0 Å². The number of hydrogen-bond donors (Lipinski definition) is 0. The van der Waals surface area contributed by atoms with Crippen LogP contribution in [-0.4, -0.2) is 0 Å². The molecule has 1 radical (unpaired) electrons. The summed E-state index contributed by atoms with van der Waals surface area (Å²) < 4.78 is 0. The standard InChI is InChI=1S/C10H15.Y/c1-7-6-10(4,5)9(3)8(7)2;/h1-5H3;/q-1;. The Kier molecular flexibility index (Phi) is 3.72. The molecular formula is C10H15Y-. The Labute approximate surface area is 95.0 Å². The average Bonchev–Trinajstić information content (AvgIpc) is 1.95. The van der Waals surface area contributed by atoms with E-state index in [1.54, 1.807) is 0 Å². The van der Waals surface area contributed by atoms with Gasteiger partial charge in [-0.05, 0) is 0 Å². The molecule has 0 aromatic carbocycles. The van der Waals surface area contributed by atoms with E-state index in [0.29, 0.717) is 0 Å². The maximum Gasteiger partial charge on any atom is 0 e. The van der Waals surface area contributed by atoms with Gasteiger partial charge in [0, 0.05) is 32.7 Å². The zero-order valence-corrected chi connectivity index (χ0v) is 10.9. The molecule has 11 heavy (non-hydrogen) atoms. The molecule has 1 aliphatic rings. The molecule has 0 nitrogen and oxygen atoms in total. The molecule has 0 unspecified atom stereocenters. The molecule has 1 aliphatic carbocycles. The monoisotopic (exact) mass is 224 g/mol. The Morgan fingerprint density at radius 1 is 1.09 bits per heavy atom. The summed E-state index contributed by atoms with van der Waals surface area (Å²) >= 11 is 0. The van der Waals surface area contributed by atoms with Crippen molar-refractivity contribution in [1.29, 1.82) is 0 Å². The Bertz CT molecular complexity index is 219. The van der Waals surface area contributed by atoms with Gasteiger partial charge in [0.1, 0.15) is 0 Å². The minimum atomic E-state index is 0. The summed E-state index contributed by atoms with van der Waals surface area (Å²) in [4.78, 5) is 0. The van der Waals surface area contributed by atoms with Crippen LogP contribution in [0.2, 0.25) is 0 Å². The van der Waals surface area contributed by atoms with Crippen LogP contribution in [0.5, 0.6) is 0 Å². The maximum atomic E-state index is 3.44. The van der Waals surface area contributed by atoms with E-state index in [1.165, 1.54) is 16.7 Å². The first-order chi connectivity index (χ1) is 4.45. The van der Waals surface area contributed by atoms with Crippen molar-refractivity contribution in [3.05, 3.63) is 22.8 Å². The van der Waals surface area contributed by atoms with Crippen molar-refractivity contribution in [3.8, 4) is 0 Å². The van der Waals surface area contributed by atoms with E-state index in [-0.39, 0.29) is 38.1 Å². The van der Waals surface area contributed by atoms with Gasteiger partial charge in [0.2, 0.25) is 0 Å². The van der Waals surface area contributed by atoms with Gasteiger partial charge < -0.3 is 0 Å². The minimum Gasteiger partial charge on any atom is -0.263 e. The number of allylic oxidation sites excluding steroid dienone is 4. The summed E-state index contributed by atoms with van der Waals surface area (Å²) in [6.07, 6.45) is 3.44. The van der Waals surface area contributed by atoms with Gasteiger partial charge in [-0.1, -0.05) is 33.1 Å². The van der Waals surface area contributed by atoms with Gasteiger partial charge in [-0.15, -0.1) is 6.92 Å². The third-order valence-electron chi connectivity index (χ3n) is 2.56. The largest absolute Gasteiger partial charge is 0.263 e. The summed E-state index contributed by atoms with van der Waals surface area (Å²) in [6, 6.07) is 0. The van der Waals surface area contributed by atoms with Crippen LogP contribution in [-0.2, 0) is 32.7 Å². The second kappa shape index (κ2) is 3.53. The quantitative estimate of drug-likeness (QED) is 0.554. The van der Waals surface area contributed by atoms with E-state index in [1.807, 2.05) is 0 Å². The van der Waals surface area contributed by atoms with Gasteiger partial charge >= 0.3 is 0 Å². The predicted molar refractivity (Wildman–Crippen MR) is 44.6 cm³/mol. The molecule has 0 heterocycles. The molecule has 0 fully saturated rings. The van der Waals surface area contributed by atoms with Crippen molar-refractivity contribution < 1.29 is 32.7 Å². The number of rotatable bonds is 0. The molecule has 0 amide bonds. The topological polar surface area (TPSA) is 0 Å². The van der Waals surface area contributed by atoms with Crippen LogP contribution in [0.25, 0.3) is 0 Å². The Morgan fingerprint density at radius 3 is 1.64 bits per heavy atom. The molecule has 0 saturated carbocycles. The normalized spacial score (nSPS) is 21.4. The second-order valence-electron chi connectivity index (χ2n) is 3.62. The molecule has 59 valence electrons. The number of hydrogen-bond acceptors (Lipinski definition) is 0. The maximum absolute atomic E-state index is 3.44. The molecule has 0 aromatic rings. The minimum absolute atomic E-state index is 0. The van der Waals surface area contributed by atoms with Gasteiger partial charge in [0.05, 0.1) is 0 Å². The zero-order valence-electron chi connectivity index (χ0n) is 8.08. The summed E-state index contributed by atoms with van der Waals surface area (Å²) in [5, 5.41) is 0. The van der Waals surface area contributed by atoms with Crippen molar-refractivity contribution >= 4 is 0 Å². The molecule has 1 heteroatoms. The zero-order chi connectivity index (χ0) is 7.94. The molecule has 0 spiro atoms. The fourth-order valence-corrected chi connectivity index (χ4v) is 1.41. The van der Waals surface area contributed by atoms with Gasteiger partial charge in [0.15, 0.2) is 0 Å². The first-order valence-corrected chi connectivity index (χ1v) is 3.75. The Morgan fingerprint density at radius 2 is 1.55 bits per heavy atom. The Balaban J connectivity index is 0.000001000. The van der Waals surface area contributed by atoms with E-state index < -0.39 is 0 Å². The molecule has 0 aliphatic heterocycles. The first-order valence-electron chi connectivity index (χ1n) is 3.75. The third-order valence-corrected chi connectivity index (χ3v) is 2.56. The van der Waals surface area contributed by atoms with Crippen molar-refractivity contribution in [3.63, 3.8) is 0 Å². The molecule has 0 saturated heterocycles. The molecule has 0 N–H and O–H groups in total. The van der Waals surface area contributed by atoms with Crippen LogP contribution in [0.4, 0.5) is 0 Å². The van der Waals surface area contributed by atoms with Crippen LogP contribution < -0.4 is 0 Å². The third kappa shape index (κ3) is 2.03. The van der Waals surface area contributed by atoms with E-state index in [0.717, 1.165) is 0 Å². The van der Waals surface area contributed by atoms with Gasteiger partial charge in [-0.2, -0.15) is 11.1 Å². The van der Waals surface area contributed by atoms with Crippen LogP contribution in [0, 0.1) is 11.5 Å². The summed E-state index contributed by atoms with van der Waals surface area (Å²) in [5.41, 5.74) is 4.39. The molecule has 0 aromatic heterocycles. The van der Waals surface area contributed by atoms with Gasteiger partial charge in [-0.25, -0.2) is 5.57 Å². The Hall–Kier alpha value is 0.584. The van der Waals surface area contributed by atoms with E-state index in [4.69, 9.17) is 0 Å². The van der Waals surface area contributed by atoms with Crippen LogP contribution in [0.15, 0.2) is 16.7 Å². The average molecular weight is 224 g/mol. The second-order valence-corrected chi connectivity index (χ2v) is 3.62. The van der Waals surface area contributed by atoms with Gasteiger partial charge in [-0.3, -0.25) is 6.08 Å². The van der Waals surface area contributed by atoms with Crippen LogP contribution >= 0.6 is 0 Å². The van der Waals surface area contributed by atoms with Crippen LogP contribution in [0.1, 0.15) is 34.6 Å². The smallest absolute Gasteiger partial charge is 0 e. The van der Waals surface area contributed by atoms with Crippen molar-refractivity contribution in [2.24, 2.45) is 5.41 Å². The van der Waals surface area contributed by atoms with Crippen molar-refractivity contribution in [2.75, 3.05) is 0 Å². The predicted octanol–water partition coefficient (Wildman–Crippen LogP) is 3.11. The van der Waals surface area contributed by atoms with E-state index >= 15 is 0 Å². The van der Waals surface area contributed by atoms with Crippen molar-refractivity contribution in [1.82, 2.24) is 0 Å². The summed E-state index contributed by atoms with van der Waals surface area (Å²) in [6.45, 7) is 10.9. The molecule has 0 atom stereocenters.